The van der Waals surface area contributed by atoms with Crippen LogP contribution in [-0.2, 0) is 19.4 Å². The van der Waals surface area contributed by atoms with Crippen LogP contribution in [0.4, 0.5) is 11.4 Å². The zero-order chi connectivity index (χ0) is 22.0. The summed E-state index contributed by atoms with van der Waals surface area (Å²) in [6.07, 6.45) is 8.92. The van der Waals surface area contributed by atoms with Gasteiger partial charge in [0, 0.05) is 25.8 Å². The van der Waals surface area contributed by atoms with E-state index in [4.69, 9.17) is 0 Å². The molecule has 0 bridgehead atoms. The van der Waals surface area contributed by atoms with Crippen molar-refractivity contribution in [1.29, 1.82) is 0 Å². The van der Waals surface area contributed by atoms with Gasteiger partial charge in [0.15, 0.2) is 0 Å². The number of aromatic nitrogens is 2. The van der Waals surface area contributed by atoms with Crippen molar-refractivity contribution in [3.05, 3.63) is 88.6 Å². The number of nitrogens with one attached hydrogen (secondary N) is 1. The molecule has 0 amide bonds. The highest BCUT2D eigenvalue weighted by atomic mass is 16.1. The number of nitrogens with zero attached hydrogens (tertiary/aromatic N) is 4. The lowest BCUT2D eigenvalue weighted by molar-refractivity contribution is 0.768. The highest BCUT2D eigenvalue weighted by Crippen LogP contribution is 2.26. The second-order valence-corrected chi connectivity index (χ2v) is 7.72. The molecule has 31 heavy (non-hydrogen) atoms. The Balaban J connectivity index is 1.72. The van der Waals surface area contributed by atoms with E-state index in [2.05, 4.69) is 52.9 Å². The van der Waals surface area contributed by atoms with Crippen molar-refractivity contribution in [2.24, 2.45) is 4.99 Å². The van der Waals surface area contributed by atoms with Crippen LogP contribution in [0.1, 0.15) is 18.1 Å². The van der Waals surface area contributed by atoms with E-state index < -0.39 is 0 Å². The van der Waals surface area contributed by atoms with Gasteiger partial charge < -0.3 is 14.8 Å². The van der Waals surface area contributed by atoms with Gasteiger partial charge in [-0.25, -0.2) is 9.98 Å². The zero-order valence-electron chi connectivity index (χ0n) is 18.0. The van der Waals surface area contributed by atoms with Crippen molar-refractivity contribution in [2.75, 3.05) is 17.3 Å². The molecule has 0 spiro atoms. The van der Waals surface area contributed by atoms with Crippen LogP contribution in [0.25, 0.3) is 11.0 Å². The van der Waals surface area contributed by atoms with Gasteiger partial charge in [0.1, 0.15) is 17.2 Å². The van der Waals surface area contributed by atoms with Crippen LogP contribution in [0.15, 0.2) is 77.1 Å². The molecule has 0 fully saturated rings. The maximum absolute atomic E-state index is 13.4. The molecule has 2 heterocycles. The minimum atomic E-state index is -0.0910. The van der Waals surface area contributed by atoms with Crippen LogP contribution in [0.3, 0.4) is 0 Å². The van der Waals surface area contributed by atoms with Crippen molar-refractivity contribution in [3.8, 4) is 0 Å². The first kappa shape index (κ1) is 20.6. The average molecular weight is 414 g/mol. The molecule has 1 N–H and O–H groups in total. The smallest absolute Gasteiger partial charge is 0.214 e. The van der Waals surface area contributed by atoms with Crippen LogP contribution < -0.4 is 15.6 Å². The van der Waals surface area contributed by atoms with Crippen LogP contribution in [0, 0.1) is 0 Å². The van der Waals surface area contributed by atoms with Crippen LogP contribution in [0.5, 0.6) is 0 Å². The molecular weight excluding hydrogens is 386 g/mol. The number of pyridine rings is 2. The Morgan fingerprint density at radius 1 is 1.35 bits per heavy atom. The Labute approximate surface area is 182 Å². The highest BCUT2D eigenvalue weighted by molar-refractivity contribution is 5.82. The summed E-state index contributed by atoms with van der Waals surface area (Å²) >= 11 is 0. The van der Waals surface area contributed by atoms with Gasteiger partial charge in [-0.3, -0.25) is 4.79 Å². The summed E-state index contributed by atoms with van der Waals surface area (Å²) in [7, 11) is 1.80. The largest absolute Gasteiger partial charge is 0.380 e. The van der Waals surface area contributed by atoms with Gasteiger partial charge in [0.05, 0.1) is 17.3 Å². The fourth-order valence-electron chi connectivity index (χ4n) is 4.21. The number of rotatable bonds is 7. The minimum absolute atomic E-state index is 0.0910. The van der Waals surface area contributed by atoms with Crippen molar-refractivity contribution in [1.82, 2.24) is 9.55 Å². The van der Waals surface area contributed by atoms with Crippen molar-refractivity contribution >= 4 is 29.1 Å². The predicted molar refractivity (Wildman–Crippen MR) is 129 cm³/mol. The third-order valence-electron chi connectivity index (χ3n) is 5.79. The van der Waals surface area contributed by atoms with Crippen LogP contribution >= 0.6 is 0 Å². The quantitative estimate of drug-likeness (QED) is 0.467. The summed E-state index contributed by atoms with van der Waals surface area (Å²) in [4.78, 5) is 23.8. The van der Waals surface area contributed by atoms with Gasteiger partial charge in [-0.1, -0.05) is 36.9 Å². The molecule has 0 atom stereocenters. The summed E-state index contributed by atoms with van der Waals surface area (Å²) < 4.78 is 1.98. The second kappa shape index (κ2) is 8.60. The lowest BCUT2D eigenvalue weighted by Crippen LogP contribution is -2.25. The molecule has 6 heteroatoms. The van der Waals surface area contributed by atoms with Gasteiger partial charge >= 0.3 is 0 Å². The maximum Gasteiger partial charge on any atom is 0.214 e. The van der Waals surface area contributed by atoms with Crippen LogP contribution in [-0.4, -0.2) is 29.4 Å². The molecule has 3 aromatic rings. The van der Waals surface area contributed by atoms with Gasteiger partial charge in [0.25, 0.3) is 0 Å². The monoisotopic (exact) mass is 413 g/mol. The molecule has 0 aliphatic heterocycles. The molecule has 2 aromatic heterocycles. The Kier molecular flexibility index (Phi) is 5.71. The van der Waals surface area contributed by atoms with E-state index in [0.29, 0.717) is 35.1 Å². The molecule has 0 radical (unpaired) electrons. The maximum atomic E-state index is 13.4. The molecule has 158 valence electrons. The van der Waals surface area contributed by atoms with E-state index in [9.17, 15) is 4.79 Å². The zero-order valence-corrected chi connectivity index (χ0v) is 18.0. The van der Waals surface area contributed by atoms with Crippen molar-refractivity contribution in [2.45, 2.75) is 32.4 Å². The fraction of sp³-hybridized carbons (Fsp3) is 0.240. The third kappa shape index (κ3) is 3.89. The average Bonchev–Trinajstić information content (AvgIpc) is 3.20. The van der Waals surface area contributed by atoms with E-state index in [1.54, 1.807) is 24.1 Å². The third-order valence-corrected chi connectivity index (χ3v) is 5.79. The lowest BCUT2D eigenvalue weighted by atomic mass is 10.1. The molecular formula is C25H27N5O. The van der Waals surface area contributed by atoms with Gasteiger partial charge in [0.2, 0.25) is 5.43 Å². The number of anilines is 2. The summed E-state index contributed by atoms with van der Waals surface area (Å²) in [5.41, 5.74) is 4.71. The minimum Gasteiger partial charge on any atom is -0.380 e. The fourth-order valence-corrected chi connectivity index (χ4v) is 4.21. The van der Waals surface area contributed by atoms with Gasteiger partial charge in [-0.05, 0) is 49.8 Å². The normalized spacial score (nSPS) is 13.8. The molecule has 0 saturated carbocycles. The highest BCUT2D eigenvalue weighted by Gasteiger charge is 2.21. The number of fused-ring (bicyclic) bond motifs is 2. The summed E-state index contributed by atoms with van der Waals surface area (Å²) in [6, 6.07) is 10.7. The first-order valence-electron chi connectivity index (χ1n) is 10.4. The van der Waals surface area contributed by atoms with Gasteiger partial charge in [-0.15, -0.1) is 0 Å². The first-order valence-corrected chi connectivity index (χ1v) is 10.4. The molecule has 1 aromatic carbocycles. The summed E-state index contributed by atoms with van der Waals surface area (Å²) in [6.45, 7) is 10.0. The van der Waals surface area contributed by atoms with Crippen molar-refractivity contribution in [3.63, 3.8) is 0 Å². The van der Waals surface area contributed by atoms with E-state index in [1.165, 1.54) is 11.1 Å². The summed E-state index contributed by atoms with van der Waals surface area (Å²) in [5.74, 6) is 0.556. The Morgan fingerprint density at radius 3 is 2.68 bits per heavy atom. The number of benzene rings is 1. The van der Waals surface area contributed by atoms with E-state index in [0.717, 1.165) is 18.5 Å². The Morgan fingerprint density at radius 2 is 2.06 bits per heavy atom. The number of allylic oxidation sites excluding steroid dienone is 2. The topological polar surface area (TPSA) is 62.5 Å². The summed E-state index contributed by atoms with van der Waals surface area (Å²) in [5, 5.41) is 4.15. The standard InChI is InChI=1S/C25H27N5O/c1-5-9-23(26-3)29(4)22-16-30(6-2)25-21(24(22)31)14-20(15-27-25)28-19-12-17-10-7-8-11-18(17)13-19/h5,7-11,14-16,19,28H,1,3,6,12-13H2,2,4H3/b23-9+. The number of hydrogen-bond donors (Lipinski definition) is 1. The molecule has 1 aliphatic rings. The number of aliphatic imine (C=N–C) groups is 1. The Bertz CT molecular complexity index is 1220. The second-order valence-electron chi connectivity index (χ2n) is 7.72. The molecule has 0 saturated heterocycles. The first-order chi connectivity index (χ1) is 15.0. The van der Waals surface area contributed by atoms with E-state index in [1.807, 2.05) is 30.0 Å². The van der Waals surface area contributed by atoms with Crippen LogP contribution in [0.2, 0.25) is 0 Å². The number of hydrogen-bond acceptors (Lipinski definition) is 5. The molecule has 1 aliphatic carbocycles. The van der Waals surface area contributed by atoms with Crippen molar-refractivity contribution < 1.29 is 0 Å². The van der Waals surface area contributed by atoms with E-state index in [-0.39, 0.29) is 5.43 Å². The van der Waals surface area contributed by atoms with E-state index >= 15 is 0 Å². The molecule has 4 rings (SSSR count). The van der Waals surface area contributed by atoms with Gasteiger partial charge in [-0.2, -0.15) is 0 Å². The number of aryl methyl sites for hydroxylation is 1. The molecule has 6 nitrogen and oxygen atoms in total. The predicted octanol–water partition coefficient (Wildman–Crippen LogP) is 4.16. The lowest BCUT2D eigenvalue weighted by Gasteiger charge is -2.21. The SMILES string of the molecule is C=C/C=C(\N=C)N(C)c1cn(CC)c2ncc(NC3Cc4ccccc4C3)cc2c1=O. The molecule has 0 unspecified atom stereocenters. The Hall–Kier alpha value is -3.67.